The molecule has 2 amide bonds. The number of hydrogen-bond donors (Lipinski definition) is 1. The maximum absolute atomic E-state index is 13.3. The van der Waals surface area contributed by atoms with Crippen molar-refractivity contribution in [1.82, 2.24) is 9.80 Å². The fourth-order valence-corrected chi connectivity index (χ4v) is 4.16. The van der Waals surface area contributed by atoms with Gasteiger partial charge in [0.25, 0.3) is 11.8 Å². The van der Waals surface area contributed by atoms with Crippen LogP contribution < -0.4 is 5.32 Å². The summed E-state index contributed by atoms with van der Waals surface area (Å²) in [7, 11) is 0. The second-order valence-electron chi connectivity index (χ2n) is 8.40. The predicted octanol–water partition coefficient (Wildman–Crippen LogP) is 5.25. The molecule has 0 bridgehead atoms. The molecule has 0 saturated carbocycles. The first-order valence-corrected chi connectivity index (χ1v) is 11.6. The van der Waals surface area contributed by atoms with E-state index >= 15 is 0 Å². The van der Waals surface area contributed by atoms with Gasteiger partial charge in [0.1, 0.15) is 0 Å². The Bertz CT molecular complexity index is 1120. The van der Waals surface area contributed by atoms with E-state index in [0.29, 0.717) is 23.4 Å². The van der Waals surface area contributed by atoms with Crippen molar-refractivity contribution in [1.29, 1.82) is 0 Å². The summed E-state index contributed by atoms with van der Waals surface area (Å²) in [4.78, 5) is 30.1. The highest BCUT2D eigenvalue weighted by molar-refractivity contribution is 6.30. The van der Waals surface area contributed by atoms with Crippen LogP contribution in [0.3, 0.4) is 0 Å². The van der Waals surface area contributed by atoms with Gasteiger partial charge in [0.2, 0.25) is 0 Å². The molecule has 5 nitrogen and oxygen atoms in total. The zero-order valence-electron chi connectivity index (χ0n) is 18.8. The molecule has 1 N–H and O–H groups in total. The molecule has 3 aromatic carbocycles. The van der Waals surface area contributed by atoms with E-state index in [-0.39, 0.29) is 11.8 Å². The zero-order valence-corrected chi connectivity index (χ0v) is 19.5. The Morgan fingerprint density at radius 3 is 2.39 bits per heavy atom. The van der Waals surface area contributed by atoms with Crippen molar-refractivity contribution in [2.75, 3.05) is 31.5 Å². The van der Waals surface area contributed by atoms with Crippen molar-refractivity contribution in [2.24, 2.45) is 0 Å². The van der Waals surface area contributed by atoms with E-state index in [2.05, 4.69) is 10.2 Å². The van der Waals surface area contributed by atoms with Gasteiger partial charge in [-0.2, -0.15) is 0 Å². The fraction of sp³-hybridized carbons (Fsp3) is 0.259. The highest BCUT2D eigenvalue weighted by atomic mass is 35.5. The van der Waals surface area contributed by atoms with Crippen molar-refractivity contribution in [3.63, 3.8) is 0 Å². The number of rotatable bonds is 5. The molecule has 33 heavy (non-hydrogen) atoms. The number of benzene rings is 3. The first-order chi connectivity index (χ1) is 16.0. The molecule has 0 radical (unpaired) electrons. The van der Waals surface area contributed by atoms with Crippen LogP contribution >= 0.6 is 11.6 Å². The van der Waals surface area contributed by atoms with E-state index in [0.717, 1.165) is 43.2 Å². The molecule has 1 saturated heterocycles. The van der Waals surface area contributed by atoms with E-state index in [1.165, 1.54) is 5.56 Å². The molecule has 170 valence electrons. The van der Waals surface area contributed by atoms with Gasteiger partial charge in [-0.15, -0.1) is 0 Å². The molecule has 1 aliphatic rings. The molecule has 0 aromatic heterocycles. The number of halogens is 1. The van der Waals surface area contributed by atoms with E-state index < -0.39 is 0 Å². The van der Waals surface area contributed by atoms with Crippen molar-refractivity contribution in [3.05, 3.63) is 100 Å². The molecular formula is C27H28ClN3O2. The van der Waals surface area contributed by atoms with Crippen LogP contribution in [0.15, 0.2) is 72.8 Å². The van der Waals surface area contributed by atoms with Crippen molar-refractivity contribution < 1.29 is 9.59 Å². The summed E-state index contributed by atoms with van der Waals surface area (Å²) in [6.07, 6.45) is 0.919. The highest BCUT2D eigenvalue weighted by Crippen LogP contribution is 2.20. The molecule has 0 atom stereocenters. The Morgan fingerprint density at radius 1 is 0.879 bits per heavy atom. The zero-order chi connectivity index (χ0) is 23.2. The second-order valence-corrected chi connectivity index (χ2v) is 8.83. The summed E-state index contributed by atoms with van der Waals surface area (Å²) in [5.74, 6) is -0.186. The first-order valence-electron chi connectivity index (χ1n) is 11.2. The predicted molar refractivity (Wildman–Crippen MR) is 133 cm³/mol. The molecule has 3 aromatic rings. The number of carbonyl (C=O) groups excluding carboxylic acids is 2. The third-order valence-electron chi connectivity index (χ3n) is 5.96. The molecule has 0 spiro atoms. The van der Waals surface area contributed by atoms with Crippen LogP contribution in [-0.2, 0) is 6.54 Å². The monoisotopic (exact) mass is 461 g/mol. The van der Waals surface area contributed by atoms with E-state index in [1.54, 1.807) is 18.2 Å². The lowest BCUT2D eigenvalue weighted by Crippen LogP contribution is -2.35. The lowest BCUT2D eigenvalue weighted by atomic mass is 10.1. The molecule has 1 fully saturated rings. The summed E-state index contributed by atoms with van der Waals surface area (Å²) in [6.45, 7) is 5.92. The normalized spacial score (nSPS) is 14.5. The molecule has 4 rings (SSSR count). The van der Waals surface area contributed by atoms with Crippen LogP contribution in [-0.4, -0.2) is 47.8 Å². The minimum Gasteiger partial charge on any atom is -0.337 e. The van der Waals surface area contributed by atoms with Gasteiger partial charge >= 0.3 is 0 Å². The van der Waals surface area contributed by atoms with Crippen LogP contribution in [0.4, 0.5) is 5.69 Å². The quantitative estimate of drug-likeness (QED) is 0.564. The first kappa shape index (κ1) is 23.0. The van der Waals surface area contributed by atoms with Crippen molar-refractivity contribution >= 4 is 29.1 Å². The van der Waals surface area contributed by atoms with E-state index in [9.17, 15) is 9.59 Å². The van der Waals surface area contributed by atoms with Gasteiger partial charge in [-0.05, 0) is 60.9 Å². The molecule has 6 heteroatoms. The van der Waals surface area contributed by atoms with Gasteiger partial charge in [-0.3, -0.25) is 14.5 Å². The SMILES string of the molecule is Cc1ccc(C(=O)N2CCCN(Cc3ccc(Cl)cc3)CC2)cc1NC(=O)c1ccccc1. The summed E-state index contributed by atoms with van der Waals surface area (Å²) in [6, 6.07) is 22.5. The number of anilines is 1. The molecule has 1 heterocycles. The van der Waals surface area contributed by atoms with Gasteiger partial charge in [0.15, 0.2) is 0 Å². The Morgan fingerprint density at radius 2 is 1.64 bits per heavy atom. The maximum atomic E-state index is 13.3. The lowest BCUT2D eigenvalue weighted by molar-refractivity contribution is 0.0760. The van der Waals surface area contributed by atoms with Crippen LogP contribution in [0, 0.1) is 6.92 Å². The second kappa shape index (κ2) is 10.6. The summed E-state index contributed by atoms with van der Waals surface area (Å²) in [5, 5.41) is 3.69. The molecular weight excluding hydrogens is 434 g/mol. The Labute approximate surface area is 200 Å². The third kappa shape index (κ3) is 6.01. The van der Waals surface area contributed by atoms with Gasteiger partial charge in [-0.1, -0.05) is 48.0 Å². The van der Waals surface area contributed by atoms with Gasteiger partial charge < -0.3 is 10.2 Å². The van der Waals surface area contributed by atoms with Gasteiger partial charge in [0, 0.05) is 54.6 Å². The number of nitrogens with zero attached hydrogens (tertiary/aromatic N) is 2. The lowest BCUT2D eigenvalue weighted by Gasteiger charge is -2.22. The van der Waals surface area contributed by atoms with Crippen LogP contribution in [0.5, 0.6) is 0 Å². The number of hydrogen-bond acceptors (Lipinski definition) is 3. The minimum atomic E-state index is -0.184. The van der Waals surface area contributed by atoms with Gasteiger partial charge in [-0.25, -0.2) is 0 Å². The number of nitrogens with one attached hydrogen (secondary N) is 1. The molecule has 0 unspecified atom stereocenters. The summed E-state index contributed by atoms with van der Waals surface area (Å²) < 4.78 is 0. The smallest absolute Gasteiger partial charge is 0.255 e. The van der Waals surface area contributed by atoms with E-state index in [4.69, 9.17) is 11.6 Å². The average molecular weight is 462 g/mol. The minimum absolute atomic E-state index is 0.00134. The number of aryl methyl sites for hydroxylation is 1. The summed E-state index contributed by atoms with van der Waals surface area (Å²) >= 11 is 5.99. The number of amides is 2. The van der Waals surface area contributed by atoms with Crippen LogP contribution in [0.25, 0.3) is 0 Å². The maximum Gasteiger partial charge on any atom is 0.255 e. The topological polar surface area (TPSA) is 52.7 Å². The molecule has 1 aliphatic heterocycles. The fourth-order valence-electron chi connectivity index (χ4n) is 4.04. The third-order valence-corrected chi connectivity index (χ3v) is 6.22. The summed E-state index contributed by atoms with van der Waals surface area (Å²) in [5.41, 5.74) is 3.98. The Hall–Kier alpha value is -3.15. The largest absolute Gasteiger partial charge is 0.337 e. The van der Waals surface area contributed by atoms with E-state index in [1.807, 2.05) is 66.4 Å². The highest BCUT2D eigenvalue weighted by Gasteiger charge is 2.21. The van der Waals surface area contributed by atoms with Gasteiger partial charge in [0.05, 0.1) is 0 Å². The number of carbonyl (C=O) groups is 2. The van der Waals surface area contributed by atoms with Crippen molar-refractivity contribution in [2.45, 2.75) is 19.9 Å². The Kier molecular flexibility index (Phi) is 7.43. The van der Waals surface area contributed by atoms with Crippen LogP contribution in [0.2, 0.25) is 5.02 Å². The van der Waals surface area contributed by atoms with Crippen LogP contribution in [0.1, 0.15) is 38.3 Å². The van der Waals surface area contributed by atoms with Crippen molar-refractivity contribution in [3.8, 4) is 0 Å². The molecule has 0 aliphatic carbocycles. The Balaban J connectivity index is 1.40. The average Bonchev–Trinajstić information content (AvgIpc) is 3.07. The standard InChI is InChI=1S/C27H28ClN3O2/c1-20-8-11-23(18-25(20)29-26(32)22-6-3-2-4-7-22)27(33)31-15-5-14-30(16-17-31)19-21-9-12-24(28)13-10-21/h2-4,6-13,18H,5,14-17,19H2,1H3,(H,29,32).